The molecule has 1 aliphatic carbocycles. The average molecular weight is 467 g/mol. The van der Waals surface area contributed by atoms with E-state index in [0.717, 1.165) is 51.0 Å². The molecule has 0 aromatic rings. The summed E-state index contributed by atoms with van der Waals surface area (Å²) in [4.78, 5) is 9.30. The van der Waals surface area contributed by atoms with Crippen LogP contribution in [0.3, 0.4) is 0 Å². The zero-order valence-corrected chi connectivity index (χ0v) is 18.5. The molecule has 2 aliphatic rings. The standard InChI is InChI=1S/C18H37N5O.HI/c1-19-18(21-9-4-15-24-16-17-6-7-17)20-8-3-11-23-12-5-10-22(2)13-14-23;/h17H,3-16H2,1-2H3,(H2,19,20,21);1H. The Hall–Kier alpha value is -0.120. The number of hydrogen-bond acceptors (Lipinski definition) is 4. The van der Waals surface area contributed by atoms with Crippen molar-refractivity contribution >= 4 is 29.9 Å². The van der Waals surface area contributed by atoms with Crippen molar-refractivity contribution in [1.29, 1.82) is 0 Å². The summed E-state index contributed by atoms with van der Waals surface area (Å²) in [5.74, 6) is 1.77. The van der Waals surface area contributed by atoms with E-state index in [9.17, 15) is 0 Å². The molecular weight excluding hydrogens is 429 g/mol. The van der Waals surface area contributed by atoms with Crippen LogP contribution in [0.5, 0.6) is 0 Å². The van der Waals surface area contributed by atoms with Crippen molar-refractivity contribution in [2.45, 2.75) is 32.1 Å². The highest BCUT2D eigenvalue weighted by atomic mass is 127. The number of halogens is 1. The first kappa shape index (κ1) is 22.9. The molecule has 0 aromatic heterocycles. The fraction of sp³-hybridized carbons (Fsp3) is 0.944. The lowest BCUT2D eigenvalue weighted by Gasteiger charge is -2.20. The maximum absolute atomic E-state index is 5.65. The second-order valence-electron chi connectivity index (χ2n) is 7.15. The summed E-state index contributed by atoms with van der Waals surface area (Å²) >= 11 is 0. The molecule has 1 saturated carbocycles. The van der Waals surface area contributed by atoms with E-state index in [1.165, 1.54) is 52.0 Å². The molecule has 0 atom stereocenters. The van der Waals surface area contributed by atoms with Crippen molar-refractivity contribution in [3.05, 3.63) is 0 Å². The number of aliphatic imine (C=N–C) groups is 1. The zero-order valence-electron chi connectivity index (χ0n) is 16.1. The summed E-state index contributed by atoms with van der Waals surface area (Å²) in [6.45, 7) is 9.74. The monoisotopic (exact) mass is 467 g/mol. The van der Waals surface area contributed by atoms with Crippen LogP contribution in [0.2, 0.25) is 0 Å². The number of likely N-dealkylation sites (N-methyl/N-ethyl adjacent to an activating group) is 1. The molecule has 2 rings (SSSR count). The Balaban J connectivity index is 0.00000312. The Morgan fingerprint density at radius 3 is 2.56 bits per heavy atom. The predicted molar refractivity (Wildman–Crippen MR) is 116 cm³/mol. The van der Waals surface area contributed by atoms with Crippen LogP contribution in [0.25, 0.3) is 0 Å². The fourth-order valence-corrected chi connectivity index (χ4v) is 2.97. The van der Waals surface area contributed by atoms with E-state index in [2.05, 4.69) is 32.5 Å². The van der Waals surface area contributed by atoms with E-state index >= 15 is 0 Å². The van der Waals surface area contributed by atoms with Gasteiger partial charge in [-0.15, -0.1) is 24.0 Å². The van der Waals surface area contributed by atoms with Crippen molar-refractivity contribution in [2.24, 2.45) is 10.9 Å². The average Bonchev–Trinajstić information content (AvgIpc) is 3.41. The highest BCUT2D eigenvalue weighted by Crippen LogP contribution is 2.28. The van der Waals surface area contributed by atoms with E-state index < -0.39 is 0 Å². The molecule has 0 radical (unpaired) electrons. The summed E-state index contributed by atoms with van der Waals surface area (Å²) in [5.41, 5.74) is 0. The van der Waals surface area contributed by atoms with Crippen LogP contribution in [0.15, 0.2) is 4.99 Å². The summed E-state index contributed by atoms with van der Waals surface area (Å²) < 4.78 is 5.65. The second kappa shape index (κ2) is 14.0. The Morgan fingerprint density at radius 2 is 1.84 bits per heavy atom. The lowest BCUT2D eigenvalue weighted by Crippen LogP contribution is -2.39. The predicted octanol–water partition coefficient (Wildman–Crippen LogP) is 1.61. The fourth-order valence-electron chi connectivity index (χ4n) is 2.97. The third-order valence-corrected chi connectivity index (χ3v) is 4.79. The summed E-state index contributed by atoms with van der Waals surface area (Å²) in [5, 5.41) is 6.78. The van der Waals surface area contributed by atoms with Gasteiger partial charge in [0.15, 0.2) is 5.96 Å². The van der Waals surface area contributed by atoms with Crippen LogP contribution in [-0.4, -0.2) is 88.9 Å². The SMILES string of the molecule is CN=C(NCCCOCC1CC1)NCCCN1CCCN(C)CC1.I. The van der Waals surface area contributed by atoms with Gasteiger partial charge >= 0.3 is 0 Å². The van der Waals surface area contributed by atoms with Crippen LogP contribution in [0.4, 0.5) is 0 Å². The summed E-state index contributed by atoms with van der Waals surface area (Å²) in [6, 6.07) is 0. The topological polar surface area (TPSA) is 52.1 Å². The molecule has 0 unspecified atom stereocenters. The van der Waals surface area contributed by atoms with Gasteiger partial charge in [-0.1, -0.05) is 0 Å². The molecule has 0 bridgehead atoms. The Bertz CT molecular complexity index is 365. The van der Waals surface area contributed by atoms with Gasteiger partial charge in [0.2, 0.25) is 0 Å². The van der Waals surface area contributed by atoms with Crippen LogP contribution in [0.1, 0.15) is 32.1 Å². The molecule has 2 N–H and O–H groups in total. The number of nitrogens with zero attached hydrogens (tertiary/aromatic N) is 3. The van der Waals surface area contributed by atoms with Gasteiger partial charge < -0.3 is 25.2 Å². The number of guanidine groups is 1. The second-order valence-corrected chi connectivity index (χ2v) is 7.15. The molecule has 1 saturated heterocycles. The third kappa shape index (κ3) is 11.2. The molecule has 0 aromatic carbocycles. The third-order valence-electron chi connectivity index (χ3n) is 4.79. The number of nitrogens with one attached hydrogen (secondary N) is 2. The molecule has 148 valence electrons. The molecule has 0 spiro atoms. The van der Waals surface area contributed by atoms with Crippen molar-refractivity contribution < 1.29 is 4.74 Å². The van der Waals surface area contributed by atoms with Crippen LogP contribution < -0.4 is 10.6 Å². The van der Waals surface area contributed by atoms with Crippen molar-refractivity contribution in [1.82, 2.24) is 20.4 Å². The zero-order chi connectivity index (χ0) is 17.0. The van der Waals surface area contributed by atoms with E-state index in [4.69, 9.17) is 4.74 Å². The molecule has 2 fully saturated rings. The van der Waals surface area contributed by atoms with Gasteiger partial charge in [0.25, 0.3) is 0 Å². The maximum Gasteiger partial charge on any atom is 0.190 e. The number of ether oxygens (including phenoxy) is 1. The van der Waals surface area contributed by atoms with Gasteiger partial charge in [0.1, 0.15) is 0 Å². The smallest absolute Gasteiger partial charge is 0.190 e. The normalized spacial score (nSPS) is 20.0. The number of rotatable bonds is 10. The molecule has 0 amide bonds. The Kier molecular flexibility index (Phi) is 12.8. The van der Waals surface area contributed by atoms with Gasteiger partial charge in [-0.25, -0.2) is 0 Å². The van der Waals surface area contributed by atoms with Gasteiger partial charge in [0, 0.05) is 46.4 Å². The molecule has 25 heavy (non-hydrogen) atoms. The van der Waals surface area contributed by atoms with Gasteiger partial charge in [0.05, 0.1) is 0 Å². The minimum Gasteiger partial charge on any atom is -0.381 e. The minimum absolute atomic E-state index is 0. The van der Waals surface area contributed by atoms with E-state index in [1.807, 2.05) is 7.05 Å². The number of hydrogen-bond donors (Lipinski definition) is 2. The van der Waals surface area contributed by atoms with Crippen LogP contribution >= 0.6 is 24.0 Å². The van der Waals surface area contributed by atoms with Crippen molar-refractivity contribution in [3.63, 3.8) is 0 Å². The van der Waals surface area contributed by atoms with Gasteiger partial charge in [-0.3, -0.25) is 4.99 Å². The van der Waals surface area contributed by atoms with Gasteiger partial charge in [-0.05, 0) is 64.7 Å². The molecule has 1 aliphatic heterocycles. The largest absolute Gasteiger partial charge is 0.381 e. The highest BCUT2D eigenvalue weighted by Gasteiger charge is 2.20. The van der Waals surface area contributed by atoms with Crippen molar-refractivity contribution in [2.75, 3.05) is 73.1 Å². The Labute approximate surface area is 171 Å². The summed E-state index contributed by atoms with van der Waals surface area (Å²) in [7, 11) is 4.06. The first-order chi connectivity index (χ1) is 11.8. The van der Waals surface area contributed by atoms with E-state index in [-0.39, 0.29) is 24.0 Å². The maximum atomic E-state index is 5.65. The van der Waals surface area contributed by atoms with E-state index in [1.54, 1.807) is 0 Å². The molecule has 1 heterocycles. The molecule has 7 heteroatoms. The van der Waals surface area contributed by atoms with Crippen LogP contribution in [-0.2, 0) is 4.74 Å². The Morgan fingerprint density at radius 1 is 1.08 bits per heavy atom. The van der Waals surface area contributed by atoms with Crippen LogP contribution in [0, 0.1) is 5.92 Å². The van der Waals surface area contributed by atoms with E-state index in [0.29, 0.717) is 0 Å². The molecular formula is C18H38IN5O. The lowest BCUT2D eigenvalue weighted by atomic mass is 10.3. The molecule has 6 nitrogen and oxygen atoms in total. The highest BCUT2D eigenvalue weighted by molar-refractivity contribution is 14.0. The quantitative estimate of drug-likeness (QED) is 0.221. The lowest BCUT2D eigenvalue weighted by molar-refractivity contribution is 0.123. The minimum atomic E-state index is 0. The first-order valence-corrected chi connectivity index (χ1v) is 9.71. The summed E-state index contributed by atoms with van der Waals surface area (Å²) in [6.07, 6.45) is 6.21. The van der Waals surface area contributed by atoms with Crippen molar-refractivity contribution in [3.8, 4) is 0 Å². The first-order valence-electron chi connectivity index (χ1n) is 9.71. The van der Waals surface area contributed by atoms with Gasteiger partial charge in [-0.2, -0.15) is 0 Å².